The Bertz CT molecular complexity index is 468. The van der Waals surface area contributed by atoms with Gasteiger partial charge < -0.3 is 10.2 Å². The molecule has 19 heavy (non-hydrogen) atoms. The molecule has 1 aromatic rings. The van der Waals surface area contributed by atoms with E-state index >= 15 is 0 Å². The van der Waals surface area contributed by atoms with Gasteiger partial charge in [0.05, 0.1) is 10.2 Å². The van der Waals surface area contributed by atoms with E-state index in [0.717, 1.165) is 5.69 Å². The van der Waals surface area contributed by atoms with E-state index in [4.69, 9.17) is 0 Å². The van der Waals surface area contributed by atoms with Gasteiger partial charge in [-0.1, -0.05) is 13.8 Å². The Balaban J connectivity index is 2.57. The number of hydrogen-bond acceptors (Lipinski definition) is 3. The topological polar surface area (TPSA) is 78.1 Å². The van der Waals surface area contributed by atoms with Crippen molar-refractivity contribution in [2.75, 3.05) is 20.6 Å². The predicted molar refractivity (Wildman–Crippen MR) is 76.0 cm³/mol. The summed E-state index contributed by atoms with van der Waals surface area (Å²) in [6.45, 7) is 4.32. The first kappa shape index (κ1) is 15.7. The maximum Gasteiger partial charge on any atom is 0.272 e. The van der Waals surface area contributed by atoms with Gasteiger partial charge in [0.15, 0.2) is 5.69 Å². The third kappa shape index (κ3) is 4.05. The predicted octanol–water partition coefficient (Wildman–Crippen LogP) is 1.50. The van der Waals surface area contributed by atoms with E-state index in [0.29, 0.717) is 16.7 Å². The van der Waals surface area contributed by atoms with Gasteiger partial charge in [-0.3, -0.25) is 14.7 Å². The van der Waals surface area contributed by atoms with E-state index in [1.165, 1.54) is 4.90 Å². The summed E-state index contributed by atoms with van der Waals surface area (Å²) in [5.74, 6) is -0.0652. The fourth-order valence-electron chi connectivity index (χ4n) is 1.47. The standard InChI is InChI=1S/C12H19BrN4O2/c1-7(2)10-9(13)11(16-15-10)12(19)14-6-5-8(18)17(3)4/h7H,5-6H2,1-4H3,(H,14,19)(H,15,16). The molecule has 106 valence electrons. The van der Waals surface area contributed by atoms with Gasteiger partial charge in [-0.2, -0.15) is 5.10 Å². The first-order chi connectivity index (χ1) is 8.84. The average molecular weight is 331 g/mol. The number of carbonyl (C=O) groups excluding carboxylic acids is 2. The van der Waals surface area contributed by atoms with Crippen LogP contribution in [0, 0.1) is 0 Å². The third-order valence-corrected chi connectivity index (χ3v) is 3.45. The summed E-state index contributed by atoms with van der Waals surface area (Å²) in [4.78, 5) is 24.8. The van der Waals surface area contributed by atoms with Gasteiger partial charge in [0.25, 0.3) is 5.91 Å². The van der Waals surface area contributed by atoms with Crippen molar-refractivity contribution < 1.29 is 9.59 Å². The number of aromatic nitrogens is 2. The highest BCUT2D eigenvalue weighted by molar-refractivity contribution is 9.10. The van der Waals surface area contributed by atoms with Crippen LogP contribution in [0.15, 0.2) is 4.47 Å². The van der Waals surface area contributed by atoms with Crippen LogP contribution in [0.5, 0.6) is 0 Å². The summed E-state index contributed by atoms with van der Waals surface area (Å²) in [5, 5.41) is 9.51. The second-order valence-corrected chi connectivity index (χ2v) is 5.54. The third-order valence-electron chi connectivity index (χ3n) is 2.65. The van der Waals surface area contributed by atoms with Crippen molar-refractivity contribution in [1.82, 2.24) is 20.4 Å². The van der Waals surface area contributed by atoms with E-state index < -0.39 is 0 Å². The van der Waals surface area contributed by atoms with Crippen molar-refractivity contribution in [3.8, 4) is 0 Å². The average Bonchev–Trinajstić information content (AvgIpc) is 2.70. The summed E-state index contributed by atoms with van der Waals surface area (Å²) in [6, 6.07) is 0. The number of nitrogens with zero attached hydrogens (tertiary/aromatic N) is 2. The maximum absolute atomic E-state index is 11.9. The minimum atomic E-state index is -0.290. The lowest BCUT2D eigenvalue weighted by Gasteiger charge is -2.10. The summed E-state index contributed by atoms with van der Waals surface area (Å²) < 4.78 is 0.680. The Hall–Kier alpha value is -1.37. The van der Waals surface area contributed by atoms with Crippen LogP contribution in [0.3, 0.4) is 0 Å². The number of nitrogens with one attached hydrogen (secondary N) is 2. The molecule has 1 heterocycles. The lowest BCUT2D eigenvalue weighted by Crippen LogP contribution is -2.30. The molecule has 0 fully saturated rings. The molecule has 0 aromatic carbocycles. The molecular weight excluding hydrogens is 312 g/mol. The van der Waals surface area contributed by atoms with Gasteiger partial charge >= 0.3 is 0 Å². The van der Waals surface area contributed by atoms with Crippen molar-refractivity contribution in [3.05, 3.63) is 15.9 Å². The van der Waals surface area contributed by atoms with Gasteiger partial charge in [0.1, 0.15) is 0 Å². The monoisotopic (exact) mass is 330 g/mol. The van der Waals surface area contributed by atoms with Gasteiger partial charge in [-0.15, -0.1) is 0 Å². The van der Waals surface area contributed by atoms with Crippen LogP contribution in [0.2, 0.25) is 0 Å². The van der Waals surface area contributed by atoms with Crippen molar-refractivity contribution in [1.29, 1.82) is 0 Å². The summed E-state index contributed by atoms with van der Waals surface area (Å²) in [7, 11) is 3.37. The first-order valence-electron chi connectivity index (χ1n) is 6.06. The Morgan fingerprint density at radius 3 is 2.53 bits per heavy atom. The van der Waals surface area contributed by atoms with Crippen LogP contribution in [0.1, 0.15) is 42.4 Å². The number of aromatic amines is 1. The van der Waals surface area contributed by atoms with Crippen molar-refractivity contribution in [2.24, 2.45) is 0 Å². The number of halogens is 1. The van der Waals surface area contributed by atoms with Gasteiger partial charge in [0.2, 0.25) is 5.91 Å². The number of rotatable bonds is 5. The van der Waals surface area contributed by atoms with E-state index in [1.54, 1.807) is 14.1 Å². The molecule has 2 N–H and O–H groups in total. The second-order valence-electron chi connectivity index (χ2n) is 4.75. The molecule has 0 aliphatic rings. The molecule has 0 saturated heterocycles. The Labute approximate surface area is 121 Å². The molecule has 6 nitrogen and oxygen atoms in total. The van der Waals surface area contributed by atoms with Crippen LogP contribution in [-0.2, 0) is 4.79 Å². The second kappa shape index (κ2) is 6.70. The highest BCUT2D eigenvalue weighted by Gasteiger charge is 2.19. The molecule has 1 aromatic heterocycles. The molecular formula is C12H19BrN4O2. The van der Waals surface area contributed by atoms with Crippen molar-refractivity contribution >= 4 is 27.7 Å². The normalized spacial score (nSPS) is 10.6. The summed E-state index contributed by atoms with van der Waals surface area (Å²) in [5.41, 5.74) is 1.20. The molecule has 1 rings (SSSR count). The minimum absolute atomic E-state index is 0.0238. The lowest BCUT2D eigenvalue weighted by molar-refractivity contribution is -0.128. The van der Waals surface area contributed by atoms with Crippen LogP contribution in [0.4, 0.5) is 0 Å². The quantitative estimate of drug-likeness (QED) is 0.858. The van der Waals surface area contributed by atoms with Crippen molar-refractivity contribution in [3.63, 3.8) is 0 Å². The maximum atomic E-state index is 11.9. The minimum Gasteiger partial charge on any atom is -0.350 e. The van der Waals surface area contributed by atoms with Gasteiger partial charge in [-0.25, -0.2) is 0 Å². The van der Waals surface area contributed by atoms with Crippen LogP contribution in [-0.4, -0.2) is 47.6 Å². The van der Waals surface area contributed by atoms with Crippen molar-refractivity contribution in [2.45, 2.75) is 26.2 Å². The van der Waals surface area contributed by atoms with Crippen LogP contribution < -0.4 is 5.32 Å². The molecule has 2 amide bonds. The summed E-state index contributed by atoms with van der Waals surface area (Å²) >= 11 is 3.37. The van der Waals surface area contributed by atoms with E-state index in [2.05, 4.69) is 31.4 Å². The molecule has 0 radical (unpaired) electrons. The molecule has 0 atom stereocenters. The van der Waals surface area contributed by atoms with E-state index in [1.807, 2.05) is 13.8 Å². The Kier molecular flexibility index (Phi) is 5.53. The highest BCUT2D eigenvalue weighted by Crippen LogP contribution is 2.25. The number of H-pyrrole nitrogens is 1. The molecule has 0 unspecified atom stereocenters. The Morgan fingerprint density at radius 2 is 2.05 bits per heavy atom. The zero-order valence-electron chi connectivity index (χ0n) is 11.6. The van der Waals surface area contributed by atoms with E-state index in [9.17, 15) is 9.59 Å². The van der Waals surface area contributed by atoms with Crippen LogP contribution in [0.25, 0.3) is 0 Å². The molecule has 0 bridgehead atoms. The smallest absolute Gasteiger partial charge is 0.272 e. The largest absolute Gasteiger partial charge is 0.350 e. The lowest BCUT2D eigenvalue weighted by atomic mass is 10.1. The first-order valence-corrected chi connectivity index (χ1v) is 6.86. The van der Waals surface area contributed by atoms with E-state index in [-0.39, 0.29) is 24.2 Å². The zero-order valence-corrected chi connectivity index (χ0v) is 13.2. The number of amides is 2. The molecule has 0 saturated carbocycles. The number of hydrogen-bond donors (Lipinski definition) is 2. The molecule has 7 heteroatoms. The fraction of sp³-hybridized carbons (Fsp3) is 0.583. The number of carbonyl (C=O) groups is 2. The van der Waals surface area contributed by atoms with Crippen LogP contribution >= 0.6 is 15.9 Å². The zero-order chi connectivity index (χ0) is 14.6. The molecule has 0 aliphatic carbocycles. The fourth-order valence-corrected chi connectivity index (χ4v) is 2.28. The van der Waals surface area contributed by atoms with Gasteiger partial charge in [0, 0.05) is 27.1 Å². The summed E-state index contributed by atoms with van der Waals surface area (Å²) in [6.07, 6.45) is 0.276. The molecule has 0 aliphatic heterocycles. The highest BCUT2D eigenvalue weighted by atomic mass is 79.9. The molecule has 0 spiro atoms. The van der Waals surface area contributed by atoms with Gasteiger partial charge in [-0.05, 0) is 21.8 Å². The SMILES string of the molecule is CC(C)c1[nH]nc(C(=O)NCCC(=O)N(C)C)c1Br. The Morgan fingerprint density at radius 1 is 1.42 bits per heavy atom.